The molecule has 7 heteroatoms. The average Bonchev–Trinajstić information content (AvgIpc) is 3.09. The SMILES string of the molecule is COc1ccccc1CN1CCN(c2ccc(/C(C=N)=C/N)c(OC)c2)C1=O. The van der Waals surface area contributed by atoms with Crippen LogP contribution in [0.2, 0.25) is 0 Å². The lowest BCUT2D eigenvalue weighted by atomic mass is 10.1. The van der Waals surface area contributed by atoms with Gasteiger partial charge in [-0.15, -0.1) is 0 Å². The zero-order chi connectivity index (χ0) is 20.1. The summed E-state index contributed by atoms with van der Waals surface area (Å²) in [6.07, 6.45) is 2.54. The van der Waals surface area contributed by atoms with Crippen LogP contribution < -0.4 is 20.1 Å². The van der Waals surface area contributed by atoms with Crippen LogP contribution in [0.15, 0.2) is 48.7 Å². The second kappa shape index (κ2) is 8.47. The third-order valence-corrected chi connectivity index (χ3v) is 4.79. The molecule has 3 N–H and O–H groups in total. The molecule has 0 aliphatic carbocycles. The summed E-state index contributed by atoms with van der Waals surface area (Å²) >= 11 is 0. The fourth-order valence-corrected chi connectivity index (χ4v) is 3.31. The van der Waals surface area contributed by atoms with Crippen molar-refractivity contribution in [3.8, 4) is 11.5 Å². The number of anilines is 1. The summed E-state index contributed by atoms with van der Waals surface area (Å²) in [5, 5.41) is 7.48. The number of urea groups is 1. The number of carbonyl (C=O) groups excluding carboxylic acids is 1. The minimum atomic E-state index is -0.0673. The van der Waals surface area contributed by atoms with Gasteiger partial charge in [-0.3, -0.25) is 4.90 Å². The summed E-state index contributed by atoms with van der Waals surface area (Å²) in [5.41, 5.74) is 8.56. The lowest BCUT2D eigenvalue weighted by molar-refractivity contribution is 0.218. The number of ether oxygens (including phenoxy) is 2. The summed E-state index contributed by atoms with van der Waals surface area (Å²) in [6.45, 7) is 1.69. The minimum Gasteiger partial charge on any atom is -0.496 e. The van der Waals surface area contributed by atoms with E-state index in [1.165, 1.54) is 12.4 Å². The number of methoxy groups -OCH3 is 2. The molecule has 146 valence electrons. The number of nitrogens with one attached hydrogen (secondary N) is 1. The van der Waals surface area contributed by atoms with Crippen molar-refractivity contribution >= 4 is 23.5 Å². The maximum Gasteiger partial charge on any atom is 0.324 e. The van der Waals surface area contributed by atoms with Gasteiger partial charge in [-0.05, 0) is 18.2 Å². The molecule has 1 aliphatic heterocycles. The van der Waals surface area contributed by atoms with Gasteiger partial charge in [0.2, 0.25) is 0 Å². The molecule has 3 rings (SSSR count). The van der Waals surface area contributed by atoms with Crippen LogP contribution in [0.3, 0.4) is 0 Å². The Hall–Kier alpha value is -3.48. The summed E-state index contributed by atoms with van der Waals surface area (Å²) in [5.74, 6) is 1.33. The van der Waals surface area contributed by atoms with Crippen molar-refractivity contribution in [2.45, 2.75) is 6.54 Å². The molecule has 0 saturated carbocycles. The Kier molecular flexibility index (Phi) is 5.84. The van der Waals surface area contributed by atoms with Crippen molar-refractivity contribution in [2.75, 3.05) is 32.2 Å². The van der Waals surface area contributed by atoms with Crippen molar-refractivity contribution in [2.24, 2.45) is 5.73 Å². The number of hydrogen-bond donors (Lipinski definition) is 2. The molecule has 1 saturated heterocycles. The predicted octanol–water partition coefficient (Wildman–Crippen LogP) is 3.10. The van der Waals surface area contributed by atoms with Crippen molar-refractivity contribution in [1.82, 2.24) is 4.90 Å². The molecular weight excluding hydrogens is 356 g/mol. The number of benzene rings is 2. The second-order valence-corrected chi connectivity index (χ2v) is 6.32. The normalized spacial score (nSPS) is 14.4. The largest absolute Gasteiger partial charge is 0.496 e. The van der Waals surface area contributed by atoms with Crippen LogP contribution in [-0.4, -0.2) is 44.5 Å². The topological polar surface area (TPSA) is 91.9 Å². The number of amides is 2. The molecule has 0 atom stereocenters. The Balaban J connectivity index is 1.82. The Morgan fingerprint density at radius 1 is 1.14 bits per heavy atom. The Morgan fingerprint density at radius 3 is 2.57 bits per heavy atom. The first-order valence-corrected chi connectivity index (χ1v) is 8.92. The van der Waals surface area contributed by atoms with E-state index in [4.69, 9.17) is 20.6 Å². The number of rotatable bonds is 7. The minimum absolute atomic E-state index is 0.0673. The van der Waals surface area contributed by atoms with Gasteiger partial charge in [0.25, 0.3) is 0 Å². The molecule has 0 aromatic heterocycles. The van der Waals surface area contributed by atoms with Crippen molar-refractivity contribution in [3.63, 3.8) is 0 Å². The van der Waals surface area contributed by atoms with Crippen LogP contribution in [0.5, 0.6) is 11.5 Å². The van der Waals surface area contributed by atoms with Gasteiger partial charge in [0.05, 0.1) is 20.8 Å². The first-order valence-electron chi connectivity index (χ1n) is 8.92. The molecule has 0 radical (unpaired) electrons. The molecule has 0 unspecified atom stereocenters. The number of allylic oxidation sites excluding steroid dienone is 1. The smallest absolute Gasteiger partial charge is 0.324 e. The van der Waals surface area contributed by atoms with Crippen molar-refractivity contribution < 1.29 is 14.3 Å². The van der Waals surface area contributed by atoms with Crippen LogP contribution in [0.4, 0.5) is 10.5 Å². The fraction of sp³-hybridized carbons (Fsp3) is 0.238. The monoisotopic (exact) mass is 380 g/mol. The van der Waals surface area contributed by atoms with E-state index in [0.717, 1.165) is 17.0 Å². The third kappa shape index (κ3) is 3.64. The van der Waals surface area contributed by atoms with E-state index in [0.29, 0.717) is 36.5 Å². The number of nitrogens with two attached hydrogens (primary N) is 1. The van der Waals surface area contributed by atoms with Gasteiger partial charge in [-0.25, -0.2) is 4.79 Å². The highest BCUT2D eigenvalue weighted by atomic mass is 16.5. The third-order valence-electron chi connectivity index (χ3n) is 4.79. The van der Waals surface area contributed by atoms with Gasteiger partial charge in [-0.2, -0.15) is 0 Å². The highest BCUT2D eigenvalue weighted by molar-refractivity contribution is 6.09. The predicted molar refractivity (Wildman–Crippen MR) is 110 cm³/mol. The first kappa shape index (κ1) is 19.3. The van der Waals surface area contributed by atoms with E-state index in [-0.39, 0.29) is 6.03 Å². The first-order chi connectivity index (χ1) is 13.6. The molecule has 0 spiro atoms. The lowest BCUT2D eigenvalue weighted by Crippen LogP contribution is -2.31. The Labute approximate surface area is 164 Å². The van der Waals surface area contributed by atoms with Crippen molar-refractivity contribution in [3.05, 3.63) is 59.8 Å². The van der Waals surface area contributed by atoms with Gasteiger partial charge in [0.1, 0.15) is 11.5 Å². The molecule has 2 amide bonds. The van der Waals surface area contributed by atoms with Crippen LogP contribution in [0, 0.1) is 5.41 Å². The average molecular weight is 380 g/mol. The van der Waals surface area contributed by atoms with Crippen LogP contribution in [0.1, 0.15) is 11.1 Å². The second-order valence-electron chi connectivity index (χ2n) is 6.32. The van der Waals surface area contributed by atoms with E-state index in [1.54, 1.807) is 30.1 Å². The molecule has 28 heavy (non-hydrogen) atoms. The van der Waals surface area contributed by atoms with E-state index >= 15 is 0 Å². The fourth-order valence-electron chi connectivity index (χ4n) is 3.31. The summed E-state index contributed by atoms with van der Waals surface area (Å²) in [4.78, 5) is 16.5. The molecule has 2 aromatic carbocycles. The number of hydrogen-bond acceptors (Lipinski definition) is 5. The van der Waals surface area contributed by atoms with Gasteiger partial charge < -0.3 is 25.5 Å². The maximum atomic E-state index is 12.9. The van der Waals surface area contributed by atoms with Crippen LogP contribution in [0.25, 0.3) is 5.57 Å². The van der Waals surface area contributed by atoms with Gasteiger partial charge in [0.15, 0.2) is 0 Å². The standard InChI is InChI=1S/C21H24N4O3/c1-27-19-6-4-3-5-15(19)14-24-9-10-25(21(24)26)17-7-8-18(16(12-22)13-23)20(11-17)28-2/h3-8,11-13,22H,9-10,14,23H2,1-2H3/b16-13+,22-12?. The lowest BCUT2D eigenvalue weighted by Gasteiger charge is -2.21. The van der Waals surface area contributed by atoms with Gasteiger partial charge in [0, 0.05) is 54.0 Å². The Morgan fingerprint density at radius 2 is 1.89 bits per heavy atom. The number of nitrogens with zero attached hydrogens (tertiary/aromatic N) is 2. The maximum absolute atomic E-state index is 12.9. The van der Waals surface area contributed by atoms with Crippen LogP contribution in [-0.2, 0) is 6.54 Å². The van der Waals surface area contributed by atoms with Gasteiger partial charge in [-0.1, -0.05) is 18.2 Å². The number of carbonyl (C=O) groups is 1. The van der Waals surface area contributed by atoms with E-state index in [2.05, 4.69) is 0 Å². The zero-order valence-electron chi connectivity index (χ0n) is 16.0. The summed E-state index contributed by atoms with van der Waals surface area (Å²) < 4.78 is 10.8. The molecule has 1 aliphatic rings. The molecule has 1 fully saturated rings. The molecule has 7 nitrogen and oxygen atoms in total. The quantitative estimate of drug-likeness (QED) is 0.722. The number of para-hydroxylation sites is 1. The van der Waals surface area contributed by atoms with Crippen LogP contribution >= 0.6 is 0 Å². The summed E-state index contributed by atoms with van der Waals surface area (Å²) in [7, 11) is 3.18. The summed E-state index contributed by atoms with van der Waals surface area (Å²) in [6, 6.07) is 13.1. The van der Waals surface area contributed by atoms with E-state index < -0.39 is 0 Å². The molecular formula is C21H24N4O3. The van der Waals surface area contributed by atoms with Gasteiger partial charge >= 0.3 is 6.03 Å². The Bertz CT molecular complexity index is 910. The highest BCUT2D eigenvalue weighted by Crippen LogP contribution is 2.32. The molecule has 2 aromatic rings. The molecule has 1 heterocycles. The van der Waals surface area contributed by atoms with Crippen molar-refractivity contribution in [1.29, 1.82) is 5.41 Å². The zero-order valence-corrected chi connectivity index (χ0v) is 16.0. The molecule has 0 bridgehead atoms. The van der Waals surface area contributed by atoms with E-state index in [9.17, 15) is 4.79 Å². The van der Waals surface area contributed by atoms with E-state index in [1.807, 2.05) is 36.4 Å². The highest BCUT2D eigenvalue weighted by Gasteiger charge is 2.30.